The van der Waals surface area contributed by atoms with Gasteiger partial charge in [0.1, 0.15) is 6.54 Å². The van der Waals surface area contributed by atoms with E-state index < -0.39 is 0 Å². The number of hydrogen-bond donors (Lipinski definition) is 0. The van der Waals surface area contributed by atoms with Gasteiger partial charge in [-0.15, -0.1) is 0 Å². The number of carbonyl (C=O) groups is 1. The lowest BCUT2D eigenvalue weighted by Crippen LogP contribution is -2.48. The highest BCUT2D eigenvalue weighted by Gasteiger charge is 2.28. The first-order chi connectivity index (χ1) is 8.50. The van der Waals surface area contributed by atoms with Gasteiger partial charge in [0.2, 0.25) is 5.91 Å². The van der Waals surface area contributed by atoms with Gasteiger partial charge in [-0.1, -0.05) is 0 Å². The summed E-state index contributed by atoms with van der Waals surface area (Å²) in [5.41, 5.74) is 2.09. The summed E-state index contributed by atoms with van der Waals surface area (Å²) in [4.78, 5) is 18.7. The molecule has 0 spiro atoms. The van der Waals surface area contributed by atoms with E-state index in [2.05, 4.69) is 23.7 Å². The minimum atomic E-state index is 0.218. The van der Waals surface area contributed by atoms with E-state index in [1.807, 2.05) is 18.4 Å². The van der Waals surface area contributed by atoms with E-state index in [1.165, 1.54) is 6.42 Å². The lowest BCUT2D eigenvalue weighted by molar-refractivity contribution is -0.137. The van der Waals surface area contributed by atoms with Crippen molar-refractivity contribution in [1.82, 2.24) is 14.5 Å². The molecule has 1 aromatic heterocycles. The molecule has 0 saturated carbocycles. The van der Waals surface area contributed by atoms with E-state index in [0.717, 1.165) is 24.2 Å². The summed E-state index contributed by atoms with van der Waals surface area (Å²) >= 11 is 0. The third-order valence-corrected chi connectivity index (χ3v) is 4.13. The van der Waals surface area contributed by atoms with Crippen LogP contribution < -0.4 is 0 Å². The number of piperidine rings is 1. The molecule has 1 aliphatic rings. The van der Waals surface area contributed by atoms with Crippen LogP contribution in [0.4, 0.5) is 0 Å². The molecule has 0 aliphatic carbocycles. The van der Waals surface area contributed by atoms with E-state index in [1.54, 1.807) is 6.33 Å². The number of likely N-dealkylation sites (tertiary alicyclic amines) is 1. The monoisotopic (exact) mass is 249 g/mol. The van der Waals surface area contributed by atoms with Crippen LogP contribution in [0, 0.1) is 13.8 Å². The standard InChI is InChI=1S/C14H23N3O/c1-10-6-5-7-11(2)17(10)14(18)8-16-9-15-12(3)13(16)4/h9-11H,5-8H2,1-4H3. The molecule has 1 aromatic rings. The molecule has 0 bridgehead atoms. The summed E-state index contributed by atoms with van der Waals surface area (Å²) in [5.74, 6) is 0.218. The number of aryl methyl sites for hydroxylation is 1. The summed E-state index contributed by atoms with van der Waals surface area (Å²) in [5, 5.41) is 0. The van der Waals surface area contributed by atoms with Crippen molar-refractivity contribution >= 4 is 5.91 Å². The van der Waals surface area contributed by atoms with Crippen molar-refractivity contribution in [3.63, 3.8) is 0 Å². The van der Waals surface area contributed by atoms with Crippen molar-refractivity contribution in [2.45, 2.75) is 65.6 Å². The minimum absolute atomic E-state index is 0.218. The molecule has 4 nitrogen and oxygen atoms in total. The number of nitrogens with zero attached hydrogens (tertiary/aromatic N) is 3. The van der Waals surface area contributed by atoms with Crippen LogP contribution in [0.1, 0.15) is 44.5 Å². The van der Waals surface area contributed by atoms with Crippen LogP contribution >= 0.6 is 0 Å². The summed E-state index contributed by atoms with van der Waals surface area (Å²) in [7, 11) is 0. The molecule has 1 saturated heterocycles. The van der Waals surface area contributed by atoms with Crippen molar-refractivity contribution in [3.8, 4) is 0 Å². The fourth-order valence-corrected chi connectivity index (χ4v) is 2.84. The molecule has 18 heavy (non-hydrogen) atoms. The number of aromatic nitrogens is 2. The third kappa shape index (κ3) is 2.42. The highest BCUT2D eigenvalue weighted by Crippen LogP contribution is 2.23. The first-order valence-corrected chi connectivity index (χ1v) is 6.80. The largest absolute Gasteiger partial charge is 0.336 e. The van der Waals surface area contributed by atoms with E-state index in [-0.39, 0.29) is 5.91 Å². The predicted octanol–water partition coefficient (Wildman–Crippen LogP) is 2.29. The molecule has 1 amide bonds. The Kier molecular flexibility index (Phi) is 3.73. The van der Waals surface area contributed by atoms with Crippen molar-refractivity contribution in [2.24, 2.45) is 0 Å². The topological polar surface area (TPSA) is 38.1 Å². The number of hydrogen-bond acceptors (Lipinski definition) is 2. The average Bonchev–Trinajstić information content (AvgIpc) is 2.61. The number of amides is 1. The maximum atomic E-state index is 12.4. The summed E-state index contributed by atoms with van der Waals surface area (Å²) in [6.07, 6.45) is 5.24. The zero-order valence-electron chi connectivity index (χ0n) is 11.8. The van der Waals surface area contributed by atoms with Crippen molar-refractivity contribution < 1.29 is 4.79 Å². The predicted molar refractivity (Wildman–Crippen MR) is 71.3 cm³/mol. The molecule has 2 atom stereocenters. The van der Waals surface area contributed by atoms with Gasteiger partial charge in [0.25, 0.3) is 0 Å². The zero-order chi connectivity index (χ0) is 13.3. The van der Waals surface area contributed by atoms with Gasteiger partial charge in [-0.25, -0.2) is 4.98 Å². The van der Waals surface area contributed by atoms with Gasteiger partial charge in [-0.05, 0) is 47.0 Å². The number of rotatable bonds is 2. The molecule has 2 rings (SSSR count). The fraction of sp³-hybridized carbons (Fsp3) is 0.714. The van der Waals surface area contributed by atoms with Gasteiger partial charge in [0, 0.05) is 17.8 Å². The maximum absolute atomic E-state index is 12.4. The van der Waals surface area contributed by atoms with Crippen molar-refractivity contribution in [3.05, 3.63) is 17.7 Å². The van der Waals surface area contributed by atoms with Gasteiger partial charge in [0.15, 0.2) is 0 Å². The third-order valence-electron chi connectivity index (χ3n) is 4.13. The molecule has 1 aliphatic heterocycles. The van der Waals surface area contributed by atoms with E-state index in [0.29, 0.717) is 18.6 Å². The van der Waals surface area contributed by atoms with E-state index in [4.69, 9.17) is 0 Å². The van der Waals surface area contributed by atoms with Crippen LogP contribution in [-0.2, 0) is 11.3 Å². The Balaban J connectivity index is 2.09. The lowest BCUT2D eigenvalue weighted by Gasteiger charge is -2.39. The fourth-order valence-electron chi connectivity index (χ4n) is 2.84. The van der Waals surface area contributed by atoms with Crippen LogP contribution in [0.3, 0.4) is 0 Å². The average molecular weight is 249 g/mol. The highest BCUT2D eigenvalue weighted by atomic mass is 16.2. The van der Waals surface area contributed by atoms with Crippen LogP contribution in [0.5, 0.6) is 0 Å². The van der Waals surface area contributed by atoms with Gasteiger partial charge in [-0.3, -0.25) is 4.79 Å². The summed E-state index contributed by atoms with van der Waals surface area (Å²) in [6, 6.07) is 0.734. The van der Waals surface area contributed by atoms with Crippen LogP contribution in [0.25, 0.3) is 0 Å². The molecule has 1 fully saturated rings. The second-order valence-corrected chi connectivity index (χ2v) is 5.47. The second-order valence-electron chi connectivity index (χ2n) is 5.47. The van der Waals surface area contributed by atoms with Crippen LogP contribution in [0.2, 0.25) is 0 Å². The molecule has 100 valence electrons. The molecule has 0 aromatic carbocycles. The molecule has 0 radical (unpaired) electrons. The van der Waals surface area contributed by atoms with Crippen LogP contribution in [0.15, 0.2) is 6.33 Å². The maximum Gasteiger partial charge on any atom is 0.243 e. The van der Waals surface area contributed by atoms with Crippen molar-refractivity contribution in [1.29, 1.82) is 0 Å². The molecule has 0 N–H and O–H groups in total. The van der Waals surface area contributed by atoms with Gasteiger partial charge in [0.05, 0.1) is 12.0 Å². The van der Waals surface area contributed by atoms with Gasteiger partial charge < -0.3 is 9.47 Å². The van der Waals surface area contributed by atoms with Crippen LogP contribution in [-0.4, -0.2) is 32.4 Å². The first-order valence-electron chi connectivity index (χ1n) is 6.80. The highest BCUT2D eigenvalue weighted by molar-refractivity contribution is 5.77. The Labute approximate surface area is 109 Å². The normalized spacial score (nSPS) is 24.3. The minimum Gasteiger partial charge on any atom is -0.336 e. The van der Waals surface area contributed by atoms with Crippen molar-refractivity contribution in [2.75, 3.05) is 0 Å². The summed E-state index contributed by atoms with van der Waals surface area (Å²) < 4.78 is 1.95. The Morgan fingerprint density at radius 1 is 1.33 bits per heavy atom. The molecular formula is C14H23N3O. The molecular weight excluding hydrogens is 226 g/mol. The number of imidazole rings is 1. The Morgan fingerprint density at radius 2 is 1.94 bits per heavy atom. The van der Waals surface area contributed by atoms with E-state index in [9.17, 15) is 4.79 Å². The lowest BCUT2D eigenvalue weighted by atomic mass is 9.97. The Morgan fingerprint density at radius 3 is 2.44 bits per heavy atom. The van der Waals surface area contributed by atoms with Gasteiger partial charge >= 0.3 is 0 Å². The first kappa shape index (κ1) is 13.1. The van der Waals surface area contributed by atoms with E-state index >= 15 is 0 Å². The Hall–Kier alpha value is -1.32. The smallest absolute Gasteiger partial charge is 0.243 e. The summed E-state index contributed by atoms with van der Waals surface area (Å²) in [6.45, 7) is 8.71. The quantitative estimate of drug-likeness (QED) is 0.806. The molecule has 2 heterocycles. The number of carbonyl (C=O) groups excluding carboxylic acids is 1. The SMILES string of the molecule is Cc1ncn(CC(=O)N2C(C)CCCC2C)c1C. The molecule has 2 unspecified atom stereocenters. The van der Waals surface area contributed by atoms with Gasteiger partial charge in [-0.2, -0.15) is 0 Å². The Bertz CT molecular complexity index is 428. The second kappa shape index (κ2) is 5.12. The molecule has 4 heteroatoms. The zero-order valence-corrected chi connectivity index (χ0v) is 11.8.